The fourth-order valence-electron chi connectivity index (χ4n) is 1.53. The van der Waals surface area contributed by atoms with Gasteiger partial charge in [-0.25, -0.2) is 0 Å². The first kappa shape index (κ1) is 8.91. The Bertz CT molecular complexity index is 457. The Labute approximate surface area is 83.1 Å². The van der Waals surface area contributed by atoms with Crippen LogP contribution in [0.15, 0.2) is 49.3 Å². The molecule has 1 aromatic heterocycles. The van der Waals surface area contributed by atoms with Crippen molar-refractivity contribution in [2.75, 3.05) is 0 Å². The Hall–Kier alpha value is -1.67. The third kappa shape index (κ3) is 1.40. The van der Waals surface area contributed by atoms with Crippen LogP contribution in [0, 0.1) is 0 Å². The van der Waals surface area contributed by atoms with E-state index in [1.54, 1.807) is 12.3 Å². The van der Waals surface area contributed by atoms with Crippen LogP contribution in [0.1, 0.15) is 11.6 Å². The predicted octanol–water partition coefficient (Wildman–Crippen LogP) is 2.42. The highest BCUT2D eigenvalue weighted by Gasteiger charge is 2.05. The van der Waals surface area contributed by atoms with Crippen molar-refractivity contribution >= 4 is 10.8 Å². The molecule has 1 aromatic carbocycles. The quantitative estimate of drug-likeness (QED) is 0.728. The summed E-state index contributed by atoms with van der Waals surface area (Å²) in [7, 11) is 0. The number of pyridine rings is 1. The van der Waals surface area contributed by atoms with Gasteiger partial charge in [0.05, 0.1) is 0 Å². The minimum absolute atomic E-state index is 0.145. The molecule has 14 heavy (non-hydrogen) atoms. The molecule has 2 rings (SSSR count). The van der Waals surface area contributed by atoms with Crippen molar-refractivity contribution in [3.63, 3.8) is 0 Å². The van der Waals surface area contributed by atoms with E-state index < -0.39 is 0 Å². The minimum Gasteiger partial charge on any atom is -0.321 e. The summed E-state index contributed by atoms with van der Waals surface area (Å²) in [5.41, 5.74) is 6.93. The van der Waals surface area contributed by atoms with Crippen molar-refractivity contribution in [1.29, 1.82) is 0 Å². The third-order valence-corrected chi connectivity index (χ3v) is 2.31. The summed E-state index contributed by atoms with van der Waals surface area (Å²) in [6.07, 6.45) is 5.37. The van der Waals surface area contributed by atoms with Crippen LogP contribution in [0.5, 0.6) is 0 Å². The average molecular weight is 184 g/mol. The molecular weight excluding hydrogens is 172 g/mol. The lowest BCUT2D eigenvalue weighted by Gasteiger charge is -2.09. The molecule has 0 bridgehead atoms. The van der Waals surface area contributed by atoms with Crippen molar-refractivity contribution in [2.45, 2.75) is 6.04 Å². The van der Waals surface area contributed by atoms with E-state index in [9.17, 15) is 0 Å². The largest absolute Gasteiger partial charge is 0.321 e. The van der Waals surface area contributed by atoms with Gasteiger partial charge in [-0.3, -0.25) is 4.98 Å². The monoisotopic (exact) mass is 184 g/mol. The molecule has 2 N–H and O–H groups in total. The van der Waals surface area contributed by atoms with Gasteiger partial charge >= 0.3 is 0 Å². The number of hydrogen-bond acceptors (Lipinski definition) is 2. The van der Waals surface area contributed by atoms with Gasteiger partial charge in [-0.05, 0) is 10.9 Å². The molecular formula is C12H12N2. The summed E-state index contributed by atoms with van der Waals surface area (Å²) < 4.78 is 0. The van der Waals surface area contributed by atoms with E-state index in [2.05, 4.69) is 17.6 Å². The molecule has 70 valence electrons. The highest BCUT2D eigenvalue weighted by molar-refractivity contribution is 5.85. The van der Waals surface area contributed by atoms with Gasteiger partial charge in [0.2, 0.25) is 0 Å². The Morgan fingerprint density at radius 2 is 2.07 bits per heavy atom. The number of nitrogens with zero attached hydrogens (tertiary/aromatic N) is 1. The number of aromatic nitrogens is 1. The molecule has 2 heteroatoms. The summed E-state index contributed by atoms with van der Waals surface area (Å²) in [6.45, 7) is 3.69. The first-order valence-electron chi connectivity index (χ1n) is 4.53. The topological polar surface area (TPSA) is 38.9 Å². The van der Waals surface area contributed by atoms with Crippen molar-refractivity contribution in [2.24, 2.45) is 5.73 Å². The van der Waals surface area contributed by atoms with Crippen LogP contribution in [0.3, 0.4) is 0 Å². The molecule has 0 amide bonds. The maximum Gasteiger partial charge on any atom is 0.0500 e. The van der Waals surface area contributed by atoms with E-state index in [1.165, 1.54) is 0 Å². The number of rotatable bonds is 2. The molecule has 0 saturated carbocycles. The van der Waals surface area contributed by atoms with Gasteiger partial charge in [-0.2, -0.15) is 0 Å². The molecule has 0 aliphatic heterocycles. The molecule has 0 fully saturated rings. The molecule has 2 nitrogen and oxygen atoms in total. The second-order valence-electron chi connectivity index (χ2n) is 3.21. The average Bonchev–Trinajstić information content (AvgIpc) is 2.27. The smallest absolute Gasteiger partial charge is 0.0500 e. The third-order valence-electron chi connectivity index (χ3n) is 2.31. The zero-order chi connectivity index (χ0) is 9.97. The van der Waals surface area contributed by atoms with E-state index in [1.807, 2.05) is 24.4 Å². The molecule has 0 saturated heterocycles. The van der Waals surface area contributed by atoms with E-state index in [0.29, 0.717) is 0 Å². The SMILES string of the molecule is C=CC(N)c1cncc2ccccc12. The Balaban J connectivity index is 2.70. The molecule has 0 radical (unpaired) electrons. The van der Waals surface area contributed by atoms with Crippen LogP contribution < -0.4 is 5.73 Å². The minimum atomic E-state index is -0.145. The van der Waals surface area contributed by atoms with Crippen molar-refractivity contribution in [1.82, 2.24) is 4.98 Å². The Kier molecular flexibility index (Phi) is 2.29. The normalized spacial score (nSPS) is 12.6. The van der Waals surface area contributed by atoms with Gasteiger partial charge in [-0.1, -0.05) is 30.3 Å². The molecule has 0 aliphatic rings. The van der Waals surface area contributed by atoms with E-state index >= 15 is 0 Å². The summed E-state index contributed by atoms with van der Waals surface area (Å²) in [4.78, 5) is 4.15. The molecule has 2 aromatic rings. The van der Waals surface area contributed by atoms with Crippen molar-refractivity contribution in [3.8, 4) is 0 Å². The fourth-order valence-corrected chi connectivity index (χ4v) is 1.53. The van der Waals surface area contributed by atoms with E-state index in [4.69, 9.17) is 5.73 Å². The van der Waals surface area contributed by atoms with Gasteiger partial charge < -0.3 is 5.73 Å². The summed E-state index contributed by atoms with van der Waals surface area (Å²) in [5, 5.41) is 2.26. The number of benzene rings is 1. The maximum atomic E-state index is 5.90. The molecule has 1 atom stereocenters. The highest BCUT2D eigenvalue weighted by atomic mass is 14.7. The van der Waals surface area contributed by atoms with Crippen LogP contribution in [0.2, 0.25) is 0 Å². The van der Waals surface area contributed by atoms with Gasteiger partial charge in [0.25, 0.3) is 0 Å². The van der Waals surface area contributed by atoms with Crippen molar-refractivity contribution in [3.05, 3.63) is 54.9 Å². The number of fused-ring (bicyclic) bond motifs is 1. The second-order valence-corrected chi connectivity index (χ2v) is 3.21. The molecule has 0 spiro atoms. The first-order chi connectivity index (χ1) is 6.83. The van der Waals surface area contributed by atoms with Crippen molar-refractivity contribution < 1.29 is 0 Å². The van der Waals surface area contributed by atoms with Crippen LogP contribution in [-0.2, 0) is 0 Å². The van der Waals surface area contributed by atoms with E-state index in [-0.39, 0.29) is 6.04 Å². The molecule has 1 heterocycles. The Morgan fingerprint density at radius 1 is 1.29 bits per heavy atom. The second kappa shape index (κ2) is 3.60. The lowest BCUT2D eigenvalue weighted by atomic mass is 10.0. The van der Waals surface area contributed by atoms with Crippen LogP contribution in [0.25, 0.3) is 10.8 Å². The maximum absolute atomic E-state index is 5.90. The zero-order valence-electron chi connectivity index (χ0n) is 7.85. The van der Waals surface area contributed by atoms with Gasteiger partial charge in [0.15, 0.2) is 0 Å². The lowest BCUT2D eigenvalue weighted by Crippen LogP contribution is -2.07. The molecule has 0 aliphatic carbocycles. The number of nitrogens with two attached hydrogens (primary N) is 1. The van der Waals surface area contributed by atoms with Crippen LogP contribution in [-0.4, -0.2) is 4.98 Å². The highest BCUT2D eigenvalue weighted by Crippen LogP contribution is 2.21. The molecule has 1 unspecified atom stereocenters. The fraction of sp³-hybridized carbons (Fsp3) is 0.0833. The van der Waals surface area contributed by atoms with Crippen LogP contribution >= 0.6 is 0 Å². The van der Waals surface area contributed by atoms with E-state index in [0.717, 1.165) is 16.3 Å². The standard InChI is InChI=1S/C12H12N2/c1-2-12(13)11-8-14-7-9-5-3-4-6-10(9)11/h2-8,12H,1,13H2. The zero-order valence-corrected chi connectivity index (χ0v) is 7.85. The summed E-state index contributed by atoms with van der Waals surface area (Å²) >= 11 is 0. The van der Waals surface area contributed by atoms with Gasteiger partial charge in [-0.15, -0.1) is 6.58 Å². The predicted molar refractivity (Wildman–Crippen MR) is 58.9 cm³/mol. The lowest BCUT2D eigenvalue weighted by molar-refractivity contribution is 0.916. The first-order valence-corrected chi connectivity index (χ1v) is 4.53. The number of hydrogen-bond donors (Lipinski definition) is 1. The van der Waals surface area contributed by atoms with Gasteiger partial charge in [0, 0.05) is 23.8 Å². The summed E-state index contributed by atoms with van der Waals surface area (Å²) in [6, 6.07) is 7.93. The van der Waals surface area contributed by atoms with Crippen LogP contribution in [0.4, 0.5) is 0 Å². The summed E-state index contributed by atoms with van der Waals surface area (Å²) in [5.74, 6) is 0. The Morgan fingerprint density at radius 3 is 2.86 bits per heavy atom. The van der Waals surface area contributed by atoms with Gasteiger partial charge in [0.1, 0.15) is 0 Å².